The van der Waals surface area contributed by atoms with E-state index in [1.54, 1.807) is 6.20 Å². The molecule has 0 radical (unpaired) electrons. The summed E-state index contributed by atoms with van der Waals surface area (Å²) in [7, 11) is 0. The molecule has 1 unspecified atom stereocenters. The molecule has 6 heteroatoms. The number of rotatable bonds is 5. The molecular formula is C11H17N3O2S. The van der Waals surface area contributed by atoms with E-state index < -0.39 is 5.97 Å². The minimum Gasteiger partial charge on any atom is -0.481 e. The SMILES string of the molecule is O=C(O)CC1CSCCN1CCn1cccn1. The summed E-state index contributed by atoms with van der Waals surface area (Å²) in [6.07, 6.45) is 3.94. The van der Waals surface area contributed by atoms with Gasteiger partial charge in [0.05, 0.1) is 13.0 Å². The van der Waals surface area contributed by atoms with Crippen molar-refractivity contribution in [3.63, 3.8) is 0 Å². The van der Waals surface area contributed by atoms with E-state index in [2.05, 4.69) is 10.00 Å². The van der Waals surface area contributed by atoms with Gasteiger partial charge in [-0.25, -0.2) is 0 Å². The van der Waals surface area contributed by atoms with Crippen molar-refractivity contribution in [1.82, 2.24) is 14.7 Å². The highest BCUT2D eigenvalue weighted by Gasteiger charge is 2.24. The zero-order valence-electron chi connectivity index (χ0n) is 9.66. The number of carboxylic acids is 1. The number of thioether (sulfide) groups is 1. The van der Waals surface area contributed by atoms with Gasteiger partial charge in [-0.1, -0.05) is 0 Å². The molecule has 5 nitrogen and oxygen atoms in total. The summed E-state index contributed by atoms with van der Waals surface area (Å²) < 4.78 is 1.89. The van der Waals surface area contributed by atoms with Crippen molar-refractivity contribution >= 4 is 17.7 Å². The first-order valence-electron chi connectivity index (χ1n) is 5.77. The van der Waals surface area contributed by atoms with Gasteiger partial charge in [0.1, 0.15) is 0 Å². The largest absolute Gasteiger partial charge is 0.481 e. The molecule has 1 aliphatic heterocycles. The summed E-state index contributed by atoms with van der Waals surface area (Å²) in [5.74, 6) is 1.31. The van der Waals surface area contributed by atoms with Gasteiger partial charge in [-0.15, -0.1) is 0 Å². The summed E-state index contributed by atoms with van der Waals surface area (Å²) in [6.45, 7) is 2.68. The Kier molecular flexibility index (Phi) is 4.44. The second-order valence-electron chi connectivity index (χ2n) is 4.13. The van der Waals surface area contributed by atoms with E-state index in [9.17, 15) is 4.79 Å². The molecule has 0 aromatic carbocycles. The van der Waals surface area contributed by atoms with E-state index in [0.717, 1.165) is 31.1 Å². The van der Waals surface area contributed by atoms with E-state index in [-0.39, 0.29) is 12.5 Å². The van der Waals surface area contributed by atoms with Gasteiger partial charge in [0.15, 0.2) is 0 Å². The van der Waals surface area contributed by atoms with Gasteiger partial charge in [0.25, 0.3) is 0 Å². The summed E-state index contributed by atoms with van der Waals surface area (Å²) in [4.78, 5) is 13.1. The molecule has 1 aromatic heterocycles. The lowest BCUT2D eigenvalue weighted by molar-refractivity contribution is -0.138. The monoisotopic (exact) mass is 255 g/mol. The van der Waals surface area contributed by atoms with Crippen molar-refractivity contribution in [1.29, 1.82) is 0 Å². The van der Waals surface area contributed by atoms with Gasteiger partial charge in [0.2, 0.25) is 0 Å². The Morgan fingerprint density at radius 3 is 3.12 bits per heavy atom. The Balaban J connectivity index is 1.85. The number of hydrogen-bond donors (Lipinski definition) is 1. The minimum absolute atomic E-state index is 0.168. The molecule has 1 atom stereocenters. The molecule has 1 fully saturated rings. The van der Waals surface area contributed by atoms with Gasteiger partial charge in [0, 0.05) is 43.0 Å². The lowest BCUT2D eigenvalue weighted by atomic mass is 10.2. The quantitative estimate of drug-likeness (QED) is 0.842. The molecule has 94 valence electrons. The Hall–Kier alpha value is -1.01. The van der Waals surface area contributed by atoms with Crippen molar-refractivity contribution in [2.24, 2.45) is 0 Å². The van der Waals surface area contributed by atoms with E-state index >= 15 is 0 Å². The van der Waals surface area contributed by atoms with Crippen LogP contribution in [-0.2, 0) is 11.3 Å². The molecule has 0 spiro atoms. The van der Waals surface area contributed by atoms with Crippen LogP contribution in [0.25, 0.3) is 0 Å². The van der Waals surface area contributed by atoms with Crippen LogP contribution in [0.4, 0.5) is 0 Å². The number of aromatic nitrogens is 2. The molecule has 17 heavy (non-hydrogen) atoms. The van der Waals surface area contributed by atoms with E-state index in [0.29, 0.717) is 0 Å². The maximum Gasteiger partial charge on any atom is 0.304 e. The summed E-state index contributed by atoms with van der Waals surface area (Å²) >= 11 is 1.84. The molecule has 0 saturated carbocycles. The molecule has 1 aromatic rings. The fourth-order valence-corrected chi connectivity index (χ4v) is 3.17. The lowest BCUT2D eigenvalue weighted by Crippen LogP contribution is -2.44. The van der Waals surface area contributed by atoms with Gasteiger partial charge >= 0.3 is 5.97 Å². The fraction of sp³-hybridized carbons (Fsp3) is 0.636. The number of carboxylic acid groups (broad SMARTS) is 1. The second kappa shape index (κ2) is 6.07. The topological polar surface area (TPSA) is 58.4 Å². The van der Waals surface area contributed by atoms with Crippen molar-refractivity contribution in [2.75, 3.05) is 24.6 Å². The van der Waals surface area contributed by atoms with Crippen LogP contribution in [0.1, 0.15) is 6.42 Å². The van der Waals surface area contributed by atoms with E-state index in [1.165, 1.54) is 0 Å². The second-order valence-corrected chi connectivity index (χ2v) is 5.28. The van der Waals surface area contributed by atoms with Crippen molar-refractivity contribution < 1.29 is 9.90 Å². The normalized spacial score (nSPS) is 21.5. The average Bonchev–Trinajstić information content (AvgIpc) is 2.80. The highest BCUT2D eigenvalue weighted by Crippen LogP contribution is 2.18. The molecular weight excluding hydrogens is 238 g/mol. The molecule has 1 N–H and O–H groups in total. The van der Waals surface area contributed by atoms with Crippen molar-refractivity contribution in [3.05, 3.63) is 18.5 Å². The molecule has 0 aliphatic carbocycles. The Bertz CT molecular complexity index is 356. The predicted molar refractivity (Wildman–Crippen MR) is 67.2 cm³/mol. The Morgan fingerprint density at radius 1 is 1.53 bits per heavy atom. The number of nitrogens with zero attached hydrogens (tertiary/aromatic N) is 3. The van der Waals surface area contributed by atoms with Crippen molar-refractivity contribution in [3.8, 4) is 0 Å². The maximum atomic E-state index is 10.8. The molecule has 2 rings (SSSR count). The highest BCUT2D eigenvalue weighted by atomic mass is 32.2. The third-order valence-corrected chi connectivity index (χ3v) is 4.03. The van der Waals surface area contributed by atoms with Crippen LogP contribution < -0.4 is 0 Å². The predicted octanol–water partition coefficient (Wildman–Crippen LogP) is 0.775. The third kappa shape index (κ3) is 3.74. The van der Waals surface area contributed by atoms with E-state index in [1.807, 2.05) is 28.7 Å². The van der Waals surface area contributed by atoms with Crippen LogP contribution in [0.5, 0.6) is 0 Å². The molecule has 0 amide bonds. The highest BCUT2D eigenvalue weighted by molar-refractivity contribution is 7.99. The number of carbonyl (C=O) groups is 1. The third-order valence-electron chi connectivity index (χ3n) is 2.94. The average molecular weight is 255 g/mol. The van der Waals surface area contributed by atoms with Gasteiger partial charge < -0.3 is 5.11 Å². The zero-order chi connectivity index (χ0) is 12.1. The van der Waals surface area contributed by atoms with Gasteiger partial charge in [-0.3, -0.25) is 14.4 Å². The van der Waals surface area contributed by atoms with Crippen LogP contribution in [0, 0.1) is 0 Å². The molecule has 1 aliphatic rings. The molecule has 1 saturated heterocycles. The first-order valence-corrected chi connectivity index (χ1v) is 6.92. The van der Waals surface area contributed by atoms with Crippen LogP contribution in [0.2, 0.25) is 0 Å². The Labute approximate surface area is 105 Å². The smallest absolute Gasteiger partial charge is 0.304 e. The zero-order valence-corrected chi connectivity index (χ0v) is 10.5. The van der Waals surface area contributed by atoms with Crippen LogP contribution >= 0.6 is 11.8 Å². The molecule has 2 heterocycles. The van der Waals surface area contributed by atoms with Gasteiger partial charge in [-0.2, -0.15) is 16.9 Å². The first-order chi connectivity index (χ1) is 8.25. The fourth-order valence-electron chi connectivity index (χ4n) is 2.04. The van der Waals surface area contributed by atoms with Crippen LogP contribution in [-0.4, -0.2) is 56.4 Å². The van der Waals surface area contributed by atoms with Gasteiger partial charge in [-0.05, 0) is 6.07 Å². The number of hydrogen-bond acceptors (Lipinski definition) is 4. The van der Waals surface area contributed by atoms with Crippen LogP contribution in [0.15, 0.2) is 18.5 Å². The van der Waals surface area contributed by atoms with Crippen LogP contribution in [0.3, 0.4) is 0 Å². The Morgan fingerprint density at radius 2 is 2.41 bits per heavy atom. The summed E-state index contributed by atoms with van der Waals surface area (Å²) in [5.41, 5.74) is 0. The standard InChI is InChI=1S/C11H17N3O2S/c15-11(16)8-10-9-17-7-6-13(10)4-5-14-3-1-2-12-14/h1-3,10H,4-9H2,(H,15,16). The van der Waals surface area contributed by atoms with Crippen molar-refractivity contribution in [2.45, 2.75) is 19.0 Å². The molecule has 0 bridgehead atoms. The van der Waals surface area contributed by atoms with E-state index in [4.69, 9.17) is 5.11 Å². The number of aliphatic carboxylic acids is 1. The lowest BCUT2D eigenvalue weighted by Gasteiger charge is -2.34. The summed E-state index contributed by atoms with van der Waals surface area (Å²) in [6, 6.07) is 2.07. The minimum atomic E-state index is -0.707. The summed E-state index contributed by atoms with van der Waals surface area (Å²) in [5, 5.41) is 13.0. The first kappa shape index (κ1) is 12.4. The maximum absolute atomic E-state index is 10.8.